The zero-order valence-electron chi connectivity index (χ0n) is 11.3. The molecule has 1 unspecified atom stereocenters. The zero-order valence-corrected chi connectivity index (χ0v) is 11.3. The average molecular weight is 258 g/mol. The first-order chi connectivity index (χ1) is 9.13. The van der Waals surface area contributed by atoms with E-state index in [0.29, 0.717) is 11.8 Å². The van der Waals surface area contributed by atoms with Crippen LogP contribution in [0.15, 0.2) is 22.6 Å². The molecule has 19 heavy (non-hydrogen) atoms. The lowest BCUT2D eigenvalue weighted by atomic mass is 9.95. The molecular formula is C16H18O3. The van der Waals surface area contributed by atoms with E-state index in [1.165, 1.54) is 0 Å². The normalized spacial score (nSPS) is 16.7. The summed E-state index contributed by atoms with van der Waals surface area (Å²) in [5.74, 6) is -0.0514. The van der Waals surface area contributed by atoms with Crippen molar-refractivity contribution in [2.45, 2.75) is 44.9 Å². The molecule has 0 saturated heterocycles. The highest BCUT2D eigenvalue weighted by Gasteiger charge is 2.34. The van der Waals surface area contributed by atoms with Gasteiger partial charge in [-0.15, -0.1) is 0 Å². The number of carboxylic acid groups (broad SMARTS) is 1. The third kappa shape index (κ3) is 1.93. The lowest BCUT2D eigenvalue weighted by Gasteiger charge is -2.08. The van der Waals surface area contributed by atoms with Gasteiger partial charge in [-0.1, -0.05) is 32.0 Å². The van der Waals surface area contributed by atoms with E-state index in [-0.39, 0.29) is 5.76 Å². The van der Waals surface area contributed by atoms with E-state index in [9.17, 15) is 9.90 Å². The number of aromatic carboxylic acids is 1. The number of rotatable bonds is 4. The Morgan fingerprint density at radius 2 is 2.21 bits per heavy atom. The monoisotopic (exact) mass is 258 g/mol. The smallest absolute Gasteiger partial charge is 0.372 e. The topological polar surface area (TPSA) is 50.4 Å². The number of furan rings is 1. The number of carbonyl (C=O) groups is 1. The van der Waals surface area contributed by atoms with Crippen LogP contribution in [-0.4, -0.2) is 11.1 Å². The van der Waals surface area contributed by atoms with Gasteiger partial charge in [0.05, 0.1) is 0 Å². The van der Waals surface area contributed by atoms with Crippen LogP contribution in [0.25, 0.3) is 11.0 Å². The second-order valence-corrected chi connectivity index (χ2v) is 5.46. The molecular weight excluding hydrogens is 240 g/mol. The molecule has 1 aromatic carbocycles. The van der Waals surface area contributed by atoms with Crippen LogP contribution in [0.5, 0.6) is 0 Å². The van der Waals surface area contributed by atoms with Crippen molar-refractivity contribution in [2.75, 3.05) is 0 Å². The molecule has 1 atom stereocenters. The summed E-state index contributed by atoms with van der Waals surface area (Å²) >= 11 is 0. The van der Waals surface area contributed by atoms with Crippen molar-refractivity contribution in [1.82, 2.24) is 0 Å². The van der Waals surface area contributed by atoms with E-state index in [0.717, 1.165) is 41.4 Å². The summed E-state index contributed by atoms with van der Waals surface area (Å²) < 4.78 is 5.72. The minimum absolute atomic E-state index is 0.147. The molecule has 3 rings (SSSR count). The molecule has 0 aliphatic heterocycles. The lowest BCUT2D eigenvalue weighted by Crippen LogP contribution is -1.97. The molecule has 3 nitrogen and oxygen atoms in total. The molecule has 1 heterocycles. The Balaban J connectivity index is 2.27. The number of para-hydroxylation sites is 1. The van der Waals surface area contributed by atoms with Crippen LogP contribution >= 0.6 is 0 Å². The molecule has 1 aliphatic carbocycles. The molecule has 3 heteroatoms. The Morgan fingerprint density at radius 3 is 2.79 bits per heavy atom. The largest absolute Gasteiger partial charge is 0.475 e. The Bertz CT molecular complexity index is 635. The standard InChI is InChI=1S/C16H18O3/c1-3-9(2)11-5-4-6-12-13(10-7-8-10)15(16(17)18)19-14(11)12/h4-6,9-10H,3,7-8H2,1-2H3,(H,17,18). The van der Waals surface area contributed by atoms with Crippen molar-refractivity contribution in [1.29, 1.82) is 0 Å². The molecule has 0 bridgehead atoms. The van der Waals surface area contributed by atoms with Gasteiger partial charge in [-0.25, -0.2) is 4.79 Å². The van der Waals surface area contributed by atoms with E-state index in [1.807, 2.05) is 18.2 Å². The summed E-state index contributed by atoms with van der Waals surface area (Å²) in [6, 6.07) is 6.05. The number of hydrogen-bond donors (Lipinski definition) is 1. The highest BCUT2D eigenvalue weighted by molar-refractivity contribution is 5.97. The van der Waals surface area contributed by atoms with Crippen LogP contribution in [0.2, 0.25) is 0 Å². The molecule has 0 amide bonds. The molecule has 100 valence electrons. The molecule has 1 aliphatic rings. The molecule has 0 radical (unpaired) electrons. The van der Waals surface area contributed by atoms with Crippen LogP contribution in [0.4, 0.5) is 0 Å². The van der Waals surface area contributed by atoms with Gasteiger partial charge in [0, 0.05) is 10.9 Å². The van der Waals surface area contributed by atoms with E-state index < -0.39 is 5.97 Å². The Kier molecular flexibility index (Phi) is 2.85. The fourth-order valence-electron chi connectivity index (χ4n) is 2.70. The van der Waals surface area contributed by atoms with Gasteiger partial charge >= 0.3 is 5.97 Å². The summed E-state index contributed by atoms with van der Waals surface area (Å²) in [5, 5.41) is 10.3. The quantitative estimate of drug-likeness (QED) is 0.877. The van der Waals surface area contributed by atoms with Crippen molar-refractivity contribution in [2.24, 2.45) is 0 Å². The number of benzene rings is 1. The maximum absolute atomic E-state index is 11.4. The fourth-order valence-corrected chi connectivity index (χ4v) is 2.70. The Morgan fingerprint density at radius 1 is 1.47 bits per heavy atom. The van der Waals surface area contributed by atoms with Crippen LogP contribution in [0, 0.1) is 0 Å². The van der Waals surface area contributed by atoms with Gasteiger partial charge < -0.3 is 9.52 Å². The number of carboxylic acids is 1. The molecule has 1 aromatic heterocycles. The van der Waals surface area contributed by atoms with Gasteiger partial charge in [0.2, 0.25) is 5.76 Å². The van der Waals surface area contributed by atoms with Crippen molar-refractivity contribution in [3.05, 3.63) is 35.1 Å². The van der Waals surface area contributed by atoms with Crippen LogP contribution in [-0.2, 0) is 0 Å². The van der Waals surface area contributed by atoms with Gasteiger partial charge in [-0.05, 0) is 36.7 Å². The molecule has 1 saturated carbocycles. The lowest BCUT2D eigenvalue weighted by molar-refractivity contribution is 0.0663. The van der Waals surface area contributed by atoms with Gasteiger partial charge in [0.1, 0.15) is 5.58 Å². The SMILES string of the molecule is CCC(C)c1cccc2c(C3CC3)c(C(=O)O)oc12. The Labute approximate surface area is 112 Å². The maximum atomic E-state index is 11.4. The van der Waals surface area contributed by atoms with Crippen molar-refractivity contribution in [3.8, 4) is 0 Å². The molecule has 1 fully saturated rings. The first-order valence-corrected chi connectivity index (χ1v) is 6.92. The predicted molar refractivity (Wildman–Crippen MR) is 73.9 cm³/mol. The molecule has 1 N–H and O–H groups in total. The minimum atomic E-state index is -0.951. The van der Waals surface area contributed by atoms with Gasteiger partial charge in [-0.3, -0.25) is 0 Å². The average Bonchev–Trinajstić information content (AvgIpc) is 3.16. The second-order valence-electron chi connectivity index (χ2n) is 5.46. The minimum Gasteiger partial charge on any atom is -0.475 e. The molecule has 2 aromatic rings. The predicted octanol–water partition coefficient (Wildman–Crippen LogP) is 4.52. The summed E-state index contributed by atoms with van der Waals surface area (Å²) in [6.07, 6.45) is 3.16. The van der Waals surface area contributed by atoms with Crippen LogP contribution < -0.4 is 0 Å². The van der Waals surface area contributed by atoms with Crippen molar-refractivity contribution in [3.63, 3.8) is 0 Å². The van der Waals surface area contributed by atoms with Gasteiger partial charge in [0.15, 0.2) is 0 Å². The third-order valence-electron chi connectivity index (χ3n) is 4.11. The second kappa shape index (κ2) is 4.41. The first kappa shape index (κ1) is 12.3. The highest BCUT2D eigenvalue weighted by Crippen LogP contribution is 2.47. The van der Waals surface area contributed by atoms with Crippen LogP contribution in [0.3, 0.4) is 0 Å². The molecule has 0 spiro atoms. The van der Waals surface area contributed by atoms with E-state index in [1.54, 1.807) is 0 Å². The highest BCUT2D eigenvalue weighted by atomic mass is 16.4. The van der Waals surface area contributed by atoms with E-state index >= 15 is 0 Å². The third-order valence-corrected chi connectivity index (χ3v) is 4.11. The summed E-state index contributed by atoms with van der Waals surface area (Å²) in [5.41, 5.74) is 2.80. The van der Waals surface area contributed by atoms with Gasteiger partial charge in [0.25, 0.3) is 0 Å². The number of fused-ring (bicyclic) bond motifs is 1. The van der Waals surface area contributed by atoms with Crippen molar-refractivity contribution < 1.29 is 14.3 Å². The summed E-state index contributed by atoms with van der Waals surface area (Å²) in [6.45, 7) is 4.28. The summed E-state index contributed by atoms with van der Waals surface area (Å²) in [4.78, 5) is 11.4. The van der Waals surface area contributed by atoms with Crippen LogP contribution in [0.1, 0.15) is 66.6 Å². The first-order valence-electron chi connectivity index (χ1n) is 6.92. The fraction of sp³-hybridized carbons (Fsp3) is 0.438. The van der Waals surface area contributed by atoms with Gasteiger partial charge in [-0.2, -0.15) is 0 Å². The van der Waals surface area contributed by atoms with E-state index in [4.69, 9.17) is 4.42 Å². The summed E-state index contributed by atoms with van der Waals surface area (Å²) in [7, 11) is 0. The van der Waals surface area contributed by atoms with Crippen molar-refractivity contribution >= 4 is 16.9 Å². The zero-order chi connectivity index (χ0) is 13.6. The number of hydrogen-bond acceptors (Lipinski definition) is 2. The Hall–Kier alpha value is -1.77. The maximum Gasteiger partial charge on any atom is 0.372 e. The van der Waals surface area contributed by atoms with E-state index in [2.05, 4.69) is 13.8 Å².